The molecule has 9 heteroatoms. The van der Waals surface area contributed by atoms with Gasteiger partial charge in [-0.2, -0.15) is 0 Å². The molecule has 0 spiro atoms. The van der Waals surface area contributed by atoms with E-state index in [4.69, 9.17) is 4.52 Å². The predicted molar refractivity (Wildman–Crippen MR) is 142 cm³/mol. The van der Waals surface area contributed by atoms with Gasteiger partial charge in [-0.3, -0.25) is 14.5 Å². The second-order valence-electron chi connectivity index (χ2n) is 10.7. The zero-order valence-electron chi connectivity index (χ0n) is 22.0. The topological polar surface area (TPSA) is 85.2 Å². The van der Waals surface area contributed by atoms with E-state index < -0.39 is 0 Å². The molecule has 37 heavy (non-hydrogen) atoms. The Balaban J connectivity index is 1.10. The number of carbonyl (C=O) groups excluding carboxylic acids is 2. The number of anilines is 1. The third-order valence-electron chi connectivity index (χ3n) is 8.23. The second kappa shape index (κ2) is 12.1. The van der Waals surface area contributed by atoms with Gasteiger partial charge in [-0.25, -0.2) is 0 Å². The Kier molecular flexibility index (Phi) is 8.41. The van der Waals surface area contributed by atoms with Gasteiger partial charge in [0.1, 0.15) is 0 Å². The average molecular weight is 509 g/mol. The summed E-state index contributed by atoms with van der Waals surface area (Å²) in [6.07, 6.45) is 2.40. The Morgan fingerprint density at radius 3 is 2.43 bits per heavy atom. The minimum atomic E-state index is 0.0898. The quantitative estimate of drug-likeness (QED) is 0.611. The smallest absolute Gasteiger partial charge is 0.222 e. The lowest BCUT2D eigenvalue weighted by atomic mass is 9.81. The fourth-order valence-corrected chi connectivity index (χ4v) is 5.93. The van der Waals surface area contributed by atoms with Gasteiger partial charge in [0.15, 0.2) is 5.76 Å². The number of benzene rings is 1. The number of amides is 2. The van der Waals surface area contributed by atoms with E-state index in [1.807, 2.05) is 9.80 Å². The zero-order valence-corrected chi connectivity index (χ0v) is 22.0. The summed E-state index contributed by atoms with van der Waals surface area (Å²) in [6.45, 7) is 10.8. The number of rotatable bonds is 7. The Bertz CT molecular complexity index is 1030. The summed E-state index contributed by atoms with van der Waals surface area (Å²) in [7, 11) is 0. The number of piperidine rings is 1. The molecule has 3 aliphatic rings. The fourth-order valence-electron chi connectivity index (χ4n) is 5.93. The summed E-state index contributed by atoms with van der Waals surface area (Å²) in [5, 5.41) is 7.90. The number of hydrogen-bond acceptors (Lipinski definition) is 7. The lowest BCUT2D eigenvalue weighted by Gasteiger charge is -2.37. The molecular formula is C28H40N6O3. The van der Waals surface area contributed by atoms with Crippen LogP contribution in [0.2, 0.25) is 0 Å². The molecule has 0 unspecified atom stereocenters. The van der Waals surface area contributed by atoms with Crippen LogP contribution in [0.4, 0.5) is 5.69 Å². The molecule has 3 aliphatic heterocycles. The van der Waals surface area contributed by atoms with Gasteiger partial charge in [0, 0.05) is 77.5 Å². The van der Waals surface area contributed by atoms with Gasteiger partial charge in [0.2, 0.25) is 11.8 Å². The molecule has 2 aromatic rings. The maximum atomic E-state index is 13.0. The van der Waals surface area contributed by atoms with Crippen LogP contribution < -0.4 is 10.2 Å². The molecule has 0 bridgehead atoms. The first-order valence-electron chi connectivity index (χ1n) is 13.8. The summed E-state index contributed by atoms with van der Waals surface area (Å²) < 4.78 is 5.73. The molecular weight excluding hydrogens is 468 g/mol. The van der Waals surface area contributed by atoms with E-state index in [1.165, 1.54) is 5.69 Å². The molecule has 3 fully saturated rings. The van der Waals surface area contributed by atoms with E-state index in [1.54, 1.807) is 6.92 Å². The van der Waals surface area contributed by atoms with Crippen LogP contribution in [-0.4, -0.2) is 97.1 Å². The van der Waals surface area contributed by atoms with E-state index in [9.17, 15) is 9.59 Å². The average Bonchev–Trinajstić information content (AvgIpc) is 3.37. The standard InChI is InChI=1S/C28H40N6O3/c1-22(35)32-13-15-34(16-14-32)28(36)18-23-7-8-29-20-24(23)17-25-19-27(37-30-25)21-31-9-11-33(12-10-31)26-5-3-2-4-6-26/h2-6,19,23-24,29H,7-18,20-21H2,1H3/t23-,24-/m0/s1. The fraction of sp³-hybridized carbons (Fsp3) is 0.607. The third kappa shape index (κ3) is 6.70. The molecule has 1 aromatic heterocycles. The number of hydrogen-bond donors (Lipinski definition) is 1. The van der Waals surface area contributed by atoms with Crippen molar-refractivity contribution in [1.82, 2.24) is 25.2 Å². The van der Waals surface area contributed by atoms with Crippen LogP contribution in [0.3, 0.4) is 0 Å². The van der Waals surface area contributed by atoms with Gasteiger partial charge >= 0.3 is 0 Å². The van der Waals surface area contributed by atoms with Gasteiger partial charge < -0.3 is 24.5 Å². The summed E-state index contributed by atoms with van der Waals surface area (Å²) in [6, 6.07) is 12.7. The van der Waals surface area contributed by atoms with Crippen molar-refractivity contribution >= 4 is 17.5 Å². The second-order valence-corrected chi connectivity index (χ2v) is 10.7. The Hall–Kier alpha value is -2.91. The van der Waals surface area contributed by atoms with Crippen molar-refractivity contribution in [3.05, 3.63) is 47.9 Å². The summed E-state index contributed by atoms with van der Waals surface area (Å²) >= 11 is 0. The van der Waals surface area contributed by atoms with Crippen LogP contribution in [0, 0.1) is 11.8 Å². The van der Waals surface area contributed by atoms with Crippen LogP contribution >= 0.6 is 0 Å². The number of para-hydroxylation sites is 1. The molecule has 2 atom stereocenters. The number of aromatic nitrogens is 1. The number of piperazine rings is 2. The van der Waals surface area contributed by atoms with E-state index in [0.29, 0.717) is 44.4 Å². The molecule has 1 N–H and O–H groups in total. The highest BCUT2D eigenvalue weighted by Crippen LogP contribution is 2.27. The van der Waals surface area contributed by atoms with Crippen LogP contribution in [0.15, 0.2) is 40.9 Å². The van der Waals surface area contributed by atoms with Crippen molar-refractivity contribution in [2.24, 2.45) is 11.8 Å². The molecule has 1 aromatic carbocycles. The highest BCUT2D eigenvalue weighted by molar-refractivity contribution is 5.77. The maximum absolute atomic E-state index is 13.0. The van der Waals surface area contributed by atoms with Crippen molar-refractivity contribution in [2.75, 3.05) is 70.3 Å². The molecule has 3 saturated heterocycles. The maximum Gasteiger partial charge on any atom is 0.222 e. The molecule has 9 nitrogen and oxygen atoms in total. The van der Waals surface area contributed by atoms with Gasteiger partial charge in [0.25, 0.3) is 0 Å². The molecule has 0 aliphatic carbocycles. The number of nitrogens with zero attached hydrogens (tertiary/aromatic N) is 5. The van der Waals surface area contributed by atoms with Crippen molar-refractivity contribution in [3.63, 3.8) is 0 Å². The highest BCUT2D eigenvalue weighted by atomic mass is 16.5. The van der Waals surface area contributed by atoms with Crippen molar-refractivity contribution < 1.29 is 14.1 Å². The normalized spacial score (nSPS) is 23.3. The van der Waals surface area contributed by atoms with Gasteiger partial charge in [0.05, 0.1) is 12.2 Å². The largest absolute Gasteiger partial charge is 0.369 e. The summed E-state index contributed by atoms with van der Waals surface area (Å²) in [5.74, 6) is 1.93. The van der Waals surface area contributed by atoms with Gasteiger partial charge in [-0.1, -0.05) is 23.4 Å². The van der Waals surface area contributed by atoms with Crippen LogP contribution in [-0.2, 0) is 22.6 Å². The molecule has 4 heterocycles. The lowest BCUT2D eigenvalue weighted by Crippen LogP contribution is -2.51. The molecule has 2 amide bonds. The monoisotopic (exact) mass is 508 g/mol. The SMILES string of the molecule is CC(=O)N1CCN(C(=O)C[C@@H]2CCNC[C@@H]2Cc2cc(CN3CCN(c4ccccc4)CC3)on2)CC1. The first-order chi connectivity index (χ1) is 18.0. The van der Waals surface area contributed by atoms with Crippen LogP contribution in [0.1, 0.15) is 31.2 Å². The molecule has 0 radical (unpaired) electrons. The predicted octanol–water partition coefficient (Wildman–Crippen LogP) is 1.85. The summed E-state index contributed by atoms with van der Waals surface area (Å²) in [5.41, 5.74) is 2.27. The Labute approximate surface area is 219 Å². The highest BCUT2D eigenvalue weighted by Gasteiger charge is 2.31. The third-order valence-corrected chi connectivity index (χ3v) is 8.23. The first-order valence-corrected chi connectivity index (χ1v) is 13.8. The van der Waals surface area contributed by atoms with Gasteiger partial charge in [-0.15, -0.1) is 0 Å². The number of carbonyl (C=O) groups is 2. The lowest BCUT2D eigenvalue weighted by molar-refractivity contribution is -0.139. The Morgan fingerprint density at radius 1 is 0.973 bits per heavy atom. The molecule has 200 valence electrons. The van der Waals surface area contributed by atoms with E-state index >= 15 is 0 Å². The zero-order chi connectivity index (χ0) is 25.6. The van der Waals surface area contributed by atoms with E-state index in [0.717, 1.165) is 70.1 Å². The number of nitrogens with one attached hydrogen (secondary N) is 1. The Morgan fingerprint density at radius 2 is 1.70 bits per heavy atom. The van der Waals surface area contributed by atoms with E-state index in [2.05, 4.69) is 56.7 Å². The van der Waals surface area contributed by atoms with Gasteiger partial charge in [-0.05, 0) is 49.9 Å². The van der Waals surface area contributed by atoms with Crippen LogP contribution in [0.5, 0.6) is 0 Å². The van der Waals surface area contributed by atoms with E-state index in [-0.39, 0.29) is 11.8 Å². The minimum absolute atomic E-state index is 0.0898. The van der Waals surface area contributed by atoms with Crippen molar-refractivity contribution in [2.45, 2.75) is 32.7 Å². The molecule has 5 rings (SSSR count). The van der Waals surface area contributed by atoms with Crippen molar-refractivity contribution in [1.29, 1.82) is 0 Å². The van der Waals surface area contributed by atoms with Crippen LogP contribution in [0.25, 0.3) is 0 Å². The first kappa shape index (κ1) is 25.7. The molecule has 0 saturated carbocycles. The summed E-state index contributed by atoms with van der Waals surface area (Å²) in [4.78, 5) is 33.2. The van der Waals surface area contributed by atoms with Crippen molar-refractivity contribution in [3.8, 4) is 0 Å². The minimum Gasteiger partial charge on any atom is -0.369 e.